The number of aromatic nitrogens is 3. The highest BCUT2D eigenvalue weighted by Crippen LogP contribution is 2.11. The zero-order valence-electron chi connectivity index (χ0n) is 12.2. The van der Waals surface area contributed by atoms with Gasteiger partial charge in [-0.1, -0.05) is 0 Å². The van der Waals surface area contributed by atoms with Crippen molar-refractivity contribution < 1.29 is 9.53 Å². The van der Waals surface area contributed by atoms with Crippen molar-refractivity contribution in [3.05, 3.63) is 22.8 Å². The van der Waals surface area contributed by atoms with Gasteiger partial charge in [0.05, 0.1) is 0 Å². The first kappa shape index (κ1) is 15.6. The third-order valence-corrected chi connectivity index (χ3v) is 2.84. The molecule has 1 amide bonds. The fraction of sp³-hybridized carbons (Fsp3) is 0.462. The van der Waals surface area contributed by atoms with Crippen LogP contribution < -0.4 is 10.6 Å². The van der Waals surface area contributed by atoms with Crippen molar-refractivity contribution in [2.24, 2.45) is 0 Å². The van der Waals surface area contributed by atoms with Crippen molar-refractivity contribution in [2.45, 2.75) is 26.4 Å². The Labute approximate surface area is 131 Å². The Kier molecular flexibility index (Phi) is 4.66. The number of halogens is 1. The van der Waals surface area contributed by atoms with Crippen LogP contribution in [-0.2, 0) is 4.74 Å². The van der Waals surface area contributed by atoms with E-state index in [1.165, 1.54) is 0 Å². The zero-order chi connectivity index (χ0) is 15.5. The number of pyridine rings is 1. The van der Waals surface area contributed by atoms with Crippen LogP contribution in [0, 0.1) is 0 Å². The number of carbonyl (C=O) groups is 1. The minimum atomic E-state index is -0.492. The number of nitrogens with zero attached hydrogens (tertiary/aromatic N) is 3. The molecule has 0 radical (unpaired) electrons. The topological polar surface area (TPSA) is 80.5 Å². The molecule has 0 bridgehead atoms. The highest BCUT2D eigenvalue weighted by Gasteiger charge is 2.15. The Balaban J connectivity index is 1.79. The molecule has 0 saturated heterocycles. The van der Waals surface area contributed by atoms with Crippen molar-refractivity contribution in [3.8, 4) is 0 Å². The van der Waals surface area contributed by atoms with Gasteiger partial charge < -0.3 is 15.4 Å². The monoisotopic (exact) mass is 355 g/mol. The van der Waals surface area contributed by atoms with Gasteiger partial charge in [-0.05, 0) is 48.8 Å². The number of anilines is 1. The molecule has 0 aliphatic heterocycles. The Morgan fingerprint density at radius 2 is 2.14 bits per heavy atom. The summed E-state index contributed by atoms with van der Waals surface area (Å²) >= 11 is 3.37. The molecular weight excluding hydrogens is 338 g/mol. The molecule has 0 spiro atoms. The molecule has 21 heavy (non-hydrogen) atoms. The summed E-state index contributed by atoms with van der Waals surface area (Å²) in [5.74, 6) is 0.513. The Bertz CT molecular complexity index is 635. The van der Waals surface area contributed by atoms with Crippen LogP contribution in [0.1, 0.15) is 20.8 Å². The number of rotatable bonds is 4. The van der Waals surface area contributed by atoms with Gasteiger partial charge in [0, 0.05) is 23.8 Å². The van der Waals surface area contributed by atoms with Gasteiger partial charge in [0.25, 0.3) is 0 Å². The molecule has 2 aromatic heterocycles. The number of nitrogens with one attached hydrogen (secondary N) is 2. The summed E-state index contributed by atoms with van der Waals surface area (Å²) in [6.45, 7) is 6.40. The molecule has 0 atom stereocenters. The van der Waals surface area contributed by atoms with Crippen molar-refractivity contribution >= 4 is 33.6 Å². The Morgan fingerprint density at radius 1 is 1.38 bits per heavy atom. The lowest BCUT2D eigenvalue weighted by atomic mass is 10.2. The number of fused-ring (bicyclic) bond motifs is 1. The van der Waals surface area contributed by atoms with Gasteiger partial charge in [0.15, 0.2) is 5.65 Å². The van der Waals surface area contributed by atoms with E-state index in [0.717, 1.165) is 10.1 Å². The van der Waals surface area contributed by atoms with Crippen LogP contribution >= 0.6 is 15.9 Å². The highest BCUT2D eigenvalue weighted by molar-refractivity contribution is 9.10. The van der Waals surface area contributed by atoms with E-state index >= 15 is 0 Å². The third kappa shape index (κ3) is 4.89. The first-order chi connectivity index (χ1) is 9.83. The number of hydrogen-bond acceptors (Lipinski definition) is 5. The summed E-state index contributed by atoms with van der Waals surface area (Å²) in [5.41, 5.74) is 0.259. The van der Waals surface area contributed by atoms with Gasteiger partial charge in [-0.2, -0.15) is 4.98 Å². The molecule has 114 valence electrons. The fourth-order valence-corrected chi connectivity index (χ4v) is 1.91. The molecular formula is C13H18BrN5O2. The first-order valence-corrected chi connectivity index (χ1v) is 7.35. The summed E-state index contributed by atoms with van der Waals surface area (Å²) in [7, 11) is 0. The van der Waals surface area contributed by atoms with E-state index < -0.39 is 11.7 Å². The third-order valence-electron chi connectivity index (χ3n) is 2.37. The number of amides is 1. The molecule has 7 nitrogen and oxygen atoms in total. The van der Waals surface area contributed by atoms with Crippen molar-refractivity contribution in [3.63, 3.8) is 0 Å². The summed E-state index contributed by atoms with van der Waals surface area (Å²) in [6.07, 6.45) is 1.39. The fourth-order valence-electron chi connectivity index (χ4n) is 1.59. The average molecular weight is 356 g/mol. The lowest BCUT2D eigenvalue weighted by Crippen LogP contribution is -2.35. The largest absolute Gasteiger partial charge is 0.444 e. The predicted molar refractivity (Wildman–Crippen MR) is 83.4 cm³/mol. The summed E-state index contributed by atoms with van der Waals surface area (Å²) in [6, 6.07) is 3.76. The lowest BCUT2D eigenvalue weighted by Gasteiger charge is -2.19. The maximum atomic E-state index is 11.4. The minimum Gasteiger partial charge on any atom is -0.444 e. The van der Waals surface area contributed by atoms with Crippen LogP contribution in [0.4, 0.5) is 10.7 Å². The van der Waals surface area contributed by atoms with E-state index in [4.69, 9.17) is 4.74 Å². The van der Waals surface area contributed by atoms with Gasteiger partial charge in [-0.3, -0.25) is 0 Å². The van der Waals surface area contributed by atoms with Crippen molar-refractivity contribution in [1.82, 2.24) is 19.9 Å². The molecule has 0 aromatic carbocycles. The van der Waals surface area contributed by atoms with E-state index in [9.17, 15) is 4.79 Å². The SMILES string of the molecule is CC(C)(C)OC(=O)NCCNc1nc2ccc(Br)cn2n1. The van der Waals surface area contributed by atoms with Crippen LogP contribution in [0.5, 0.6) is 0 Å². The molecule has 2 heterocycles. The van der Waals surface area contributed by atoms with E-state index in [1.54, 1.807) is 4.52 Å². The normalized spacial score (nSPS) is 11.4. The highest BCUT2D eigenvalue weighted by atomic mass is 79.9. The Hall–Kier alpha value is -1.83. The number of hydrogen-bond donors (Lipinski definition) is 2. The lowest BCUT2D eigenvalue weighted by molar-refractivity contribution is 0.0530. The molecule has 2 aromatic rings. The maximum absolute atomic E-state index is 11.4. The number of alkyl carbamates (subject to hydrolysis) is 1. The van der Waals surface area contributed by atoms with E-state index in [-0.39, 0.29) is 0 Å². The van der Waals surface area contributed by atoms with Crippen LogP contribution in [0.2, 0.25) is 0 Å². The van der Waals surface area contributed by atoms with Crippen LogP contribution in [0.25, 0.3) is 5.65 Å². The smallest absolute Gasteiger partial charge is 0.407 e. The second-order valence-corrected chi connectivity index (χ2v) is 6.36. The predicted octanol–water partition coefficient (Wildman–Crippen LogP) is 2.43. The number of ether oxygens (including phenoxy) is 1. The molecule has 0 aliphatic rings. The second-order valence-electron chi connectivity index (χ2n) is 5.44. The van der Waals surface area contributed by atoms with E-state index in [2.05, 4.69) is 36.6 Å². The van der Waals surface area contributed by atoms with Crippen LogP contribution in [0.3, 0.4) is 0 Å². The second kappa shape index (κ2) is 6.30. The standard InChI is InChI=1S/C13H18BrN5O2/c1-13(2,3)21-12(20)16-7-6-15-11-17-10-5-4-9(14)8-19(10)18-11/h4-5,8H,6-7H2,1-3H3,(H,15,18)(H,16,20). The maximum Gasteiger partial charge on any atom is 0.407 e. The summed E-state index contributed by atoms with van der Waals surface area (Å²) < 4.78 is 7.74. The van der Waals surface area contributed by atoms with Crippen LogP contribution in [-0.4, -0.2) is 39.4 Å². The van der Waals surface area contributed by atoms with Crippen molar-refractivity contribution in [2.75, 3.05) is 18.4 Å². The van der Waals surface area contributed by atoms with Gasteiger partial charge >= 0.3 is 6.09 Å². The van der Waals surface area contributed by atoms with Crippen molar-refractivity contribution in [1.29, 1.82) is 0 Å². The molecule has 0 fully saturated rings. The molecule has 8 heteroatoms. The summed E-state index contributed by atoms with van der Waals surface area (Å²) in [5, 5.41) is 9.97. The minimum absolute atomic E-state index is 0.425. The summed E-state index contributed by atoms with van der Waals surface area (Å²) in [4.78, 5) is 15.8. The molecule has 2 N–H and O–H groups in total. The van der Waals surface area contributed by atoms with E-state index in [0.29, 0.717) is 19.0 Å². The van der Waals surface area contributed by atoms with Gasteiger partial charge in [0.1, 0.15) is 5.60 Å². The zero-order valence-corrected chi connectivity index (χ0v) is 13.8. The first-order valence-electron chi connectivity index (χ1n) is 6.56. The van der Waals surface area contributed by atoms with Gasteiger partial charge in [-0.15, -0.1) is 5.10 Å². The Morgan fingerprint density at radius 3 is 2.86 bits per heavy atom. The molecule has 0 aliphatic carbocycles. The molecule has 2 rings (SSSR count). The van der Waals surface area contributed by atoms with Crippen LogP contribution in [0.15, 0.2) is 22.8 Å². The van der Waals surface area contributed by atoms with Gasteiger partial charge in [-0.25, -0.2) is 9.31 Å². The van der Waals surface area contributed by atoms with Gasteiger partial charge in [0.2, 0.25) is 5.95 Å². The average Bonchev–Trinajstić information content (AvgIpc) is 2.74. The molecule has 0 unspecified atom stereocenters. The quantitative estimate of drug-likeness (QED) is 0.823. The van der Waals surface area contributed by atoms with E-state index in [1.807, 2.05) is 39.1 Å². The molecule has 0 saturated carbocycles. The number of carbonyl (C=O) groups excluding carboxylic acids is 1.